The zero-order valence-corrected chi connectivity index (χ0v) is 19.1. The van der Waals surface area contributed by atoms with Crippen molar-refractivity contribution in [1.29, 1.82) is 0 Å². The fourth-order valence-electron chi connectivity index (χ4n) is 6.50. The maximum absolute atomic E-state index is 10.1. The highest BCUT2D eigenvalue weighted by Gasteiger charge is 2.50. The molecule has 168 valence electrons. The van der Waals surface area contributed by atoms with Gasteiger partial charge >= 0.3 is 0 Å². The summed E-state index contributed by atoms with van der Waals surface area (Å²) in [5.74, 6) is 2.81. The van der Waals surface area contributed by atoms with Crippen LogP contribution >= 0.6 is 0 Å². The van der Waals surface area contributed by atoms with Crippen LogP contribution in [0.15, 0.2) is 65.8 Å². The molecule has 0 aromatic heterocycles. The summed E-state index contributed by atoms with van der Waals surface area (Å²) in [6, 6.07) is 10.2. The third-order valence-corrected chi connectivity index (χ3v) is 8.28. The molecule has 3 aliphatic rings. The Balaban J connectivity index is 1.44. The minimum absolute atomic E-state index is 0.335. The van der Waals surface area contributed by atoms with Gasteiger partial charge in [0, 0.05) is 0 Å². The van der Waals surface area contributed by atoms with Crippen LogP contribution in [-0.4, -0.2) is 29.0 Å². The molecule has 0 bridgehead atoms. The summed E-state index contributed by atoms with van der Waals surface area (Å²) in [5, 5.41) is 20.3. The first kappa shape index (κ1) is 22.4. The highest BCUT2D eigenvalue weighted by atomic mass is 16.5. The van der Waals surface area contributed by atoms with E-state index in [1.165, 1.54) is 32.1 Å². The molecule has 0 heterocycles. The van der Waals surface area contributed by atoms with Crippen molar-refractivity contribution in [2.45, 2.75) is 71.0 Å². The van der Waals surface area contributed by atoms with Crippen LogP contribution in [-0.2, 0) is 0 Å². The van der Waals surface area contributed by atoms with Crippen molar-refractivity contribution in [3.63, 3.8) is 0 Å². The second-order valence-electron chi connectivity index (χ2n) is 10.3. The maximum atomic E-state index is 10.1. The highest BCUT2D eigenvalue weighted by Crippen LogP contribution is 2.59. The van der Waals surface area contributed by atoms with Gasteiger partial charge in [-0.15, -0.1) is 0 Å². The van der Waals surface area contributed by atoms with Crippen LogP contribution in [0, 0.1) is 23.2 Å². The molecular formula is C28H38O3. The van der Waals surface area contributed by atoms with E-state index in [9.17, 15) is 10.2 Å². The number of allylic oxidation sites excluding steroid dienone is 3. The fraction of sp³-hybridized carbons (Fsp3) is 0.571. The molecule has 3 nitrogen and oxygen atoms in total. The van der Waals surface area contributed by atoms with Gasteiger partial charge in [-0.3, -0.25) is 0 Å². The summed E-state index contributed by atoms with van der Waals surface area (Å²) in [5.41, 5.74) is 3.59. The second-order valence-corrected chi connectivity index (χ2v) is 10.3. The lowest BCUT2D eigenvalue weighted by Gasteiger charge is -2.44. The van der Waals surface area contributed by atoms with Gasteiger partial charge < -0.3 is 14.9 Å². The van der Waals surface area contributed by atoms with E-state index in [4.69, 9.17) is 4.74 Å². The second kappa shape index (κ2) is 9.34. The Labute approximate surface area is 187 Å². The largest absolute Gasteiger partial charge is 0.493 e. The van der Waals surface area contributed by atoms with E-state index < -0.39 is 12.2 Å². The van der Waals surface area contributed by atoms with E-state index in [1.807, 2.05) is 30.3 Å². The fourth-order valence-corrected chi connectivity index (χ4v) is 6.50. The molecule has 31 heavy (non-hydrogen) atoms. The lowest BCUT2D eigenvalue weighted by Crippen LogP contribution is -2.37. The molecule has 3 saturated carbocycles. The number of benzene rings is 1. The lowest BCUT2D eigenvalue weighted by molar-refractivity contribution is 0.0747. The lowest BCUT2D eigenvalue weighted by atomic mass is 9.61. The number of rotatable bonds is 5. The van der Waals surface area contributed by atoms with Crippen molar-refractivity contribution in [3.8, 4) is 5.75 Å². The number of hydrogen-bond donors (Lipinski definition) is 2. The van der Waals surface area contributed by atoms with E-state index in [0.29, 0.717) is 41.6 Å². The molecule has 0 aliphatic heterocycles. The minimum atomic E-state index is -0.619. The average molecular weight is 423 g/mol. The Morgan fingerprint density at radius 3 is 2.55 bits per heavy atom. The zero-order valence-electron chi connectivity index (χ0n) is 19.1. The van der Waals surface area contributed by atoms with Crippen molar-refractivity contribution < 1.29 is 14.9 Å². The van der Waals surface area contributed by atoms with Crippen LogP contribution in [0.5, 0.6) is 5.75 Å². The summed E-state index contributed by atoms with van der Waals surface area (Å²) in [7, 11) is 0. The van der Waals surface area contributed by atoms with Crippen LogP contribution in [0.25, 0.3) is 0 Å². The summed E-state index contributed by atoms with van der Waals surface area (Å²) in [6.45, 7) is 9.46. The van der Waals surface area contributed by atoms with Gasteiger partial charge in [0.15, 0.2) is 0 Å². The standard InChI is InChI=1S/C28H38O3/c1-19(18-31-23-9-5-4-6-10-23)24-13-14-25-22(8-7-15-28(24,25)3)12-11-21-16-26(29)20(2)27(30)17-21/h4-6,9-12,19,24-27,29-30H,2,7-8,13-18H2,1,3H3/t19-,24-,25+,26-,27-,28-/m1/s1. The van der Waals surface area contributed by atoms with E-state index in [0.717, 1.165) is 17.9 Å². The molecule has 3 heteroatoms. The molecule has 0 unspecified atom stereocenters. The molecule has 3 fully saturated rings. The van der Waals surface area contributed by atoms with Crippen LogP contribution < -0.4 is 4.74 Å². The van der Waals surface area contributed by atoms with Gasteiger partial charge in [0.1, 0.15) is 5.75 Å². The minimum Gasteiger partial charge on any atom is -0.493 e. The first-order chi connectivity index (χ1) is 14.9. The van der Waals surface area contributed by atoms with Crippen LogP contribution in [0.1, 0.15) is 58.8 Å². The molecule has 0 spiro atoms. The molecule has 1 aromatic carbocycles. The molecule has 3 aliphatic carbocycles. The van der Waals surface area contributed by atoms with Crippen molar-refractivity contribution in [1.82, 2.24) is 0 Å². The van der Waals surface area contributed by atoms with Gasteiger partial charge in [-0.05, 0) is 85.8 Å². The zero-order chi connectivity index (χ0) is 22.0. The van der Waals surface area contributed by atoms with E-state index in [1.54, 1.807) is 5.57 Å². The number of ether oxygens (including phenoxy) is 1. The van der Waals surface area contributed by atoms with Crippen LogP contribution in [0.2, 0.25) is 0 Å². The predicted octanol–water partition coefficient (Wildman–Crippen LogP) is 5.84. The number of aliphatic hydroxyl groups is 2. The molecule has 0 radical (unpaired) electrons. The Morgan fingerprint density at radius 2 is 1.84 bits per heavy atom. The van der Waals surface area contributed by atoms with E-state index in [2.05, 4.69) is 32.6 Å². The Bertz CT molecular complexity index is 823. The maximum Gasteiger partial charge on any atom is 0.119 e. The number of aliphatic hydroxyl groups excluding tert-OH is 2. The van der Waals surface area contributed by atoms with Crippen LogP contribution in [0.3, 0.4) is 0 Å². The van der Waals surface area contributed by atoms with Crippen molar-refractivity contribution in [2.75, 3.05) is 6.61 Å². The van der Waals surface area contributed by atoms with Gasteiger partial charge in [-0.2, -0.15) is 0 Å². The summed E-state index contributed by atoms with van der Waals surface area (Å²) >= 11 is 0. The number of para-hydroxylation sites is 1. The van der Waals surface area contributed by atoms with Gasteiger partial charge in [-0.25, -0.2) is 0 Å². The predicted molar refractivity (Wildman–Crippen MR) is 126 cm³/mol. The monoisotopic (exact) mass is 422 g/mol. The quantitative estimate of drug-likeness (QED) is 0.586. The Hall–Kier alpha value is -1.84. The first-order valence-electron chi connectivity index (χ1n) is 12.0. The summed E-state index contributed by atoms with van der Waals surface area (Å²) in [6.07, 6.45) is 10.7. The number of fused-ring (bicyclic) bond motifs is 1. The van der Waals surface area contributed by atoms with Crippen molar-refractivity contribution in [2.24, 2.45) is 23.2 Å². The number of hydrogen-bond acceptors (Lipinski definition) is 3. The molecule has 0 saturated heterocycles. The third-order valence-electron chi connectivity index (χ3n) is 8.28. The molecular weight excluding hydrogens is 384 g/mol. The Kier molecular flexibility index (Phi) is 6.74. The van der Waals surface area contributed by atoms with Gasteiger partial charge in [0.05, 0.1) is 18.8 Å². The average Bonchev–Trinajstić information content (AvgIpc) is 3.12. The smallest absolute Gasteiger partial charge is 0.119 e. The van der Waals surface area contributed by atoms with E-state index in [-0.39, 0.29) is 0 Å². The molecule has 1 aromatic rings. The summed E-state index contributed by atoms with van der Waals surface area (Å²) in [4.78, 5) is 0. The highest BCUT2D eigenvalue weighted by molar-refractivity contribution is 5.29. The first-order valence-corrected chi connectivity index (χ1v) is 12.0. The van der Waals surface area contributed by atoms with Gasteiger partial charge in [0.25, 0.3) is 0 Å². The van der Waals surface area contributed by atoms with E-state index >= 15 is 0 Å². The third kappa shape index (κ3) is 4.68. The van der Waals surface area contributed by atoms with Crippen LogP contribution in [0.4, 0.5) is 0 Å². The topological polar surface area (TPSA) is 49.7 Å². The Morgan fingerprint density at radius 1 is 1.13 bits per heavy atom. The molecule has 0 amide bonds. The molecule has 2 N–H and O–H groups in total. The SMILES string of the molecule is C=C1[C@H](O)CC(=CC=C2CCC[C@]3(C)[C@@H]([C@H](C)COc4ccccc4)CC[C@@H]23)C[C@H]1O. The molecule has 6 atom stereocenters. The van der Waals surface area contributed by atoms with Gasteiger partial charge in [-0.1, -0.05) is 61.9 Å². The van der Waals surface area contributed by atoms with Gasteiger partial charge in [0.2, 0.25) is 0 Å². The summed E-state index contributed by atoms with van der Waals surface area (Å²) < 4.78 is 6.11. The van der Waals surface area contributed by atoms with Crippen molar-refractivity contribution in [3.05, 3.63) is 65.8 Å². The molecule has 4 rings (SSSR count). The van der Waals surface area contributed by atoms with Crippen molar-refractivity contribution >= 4 is 0 Å². The normalized spacial score (nSPS) is 35.7.